The second-order valence-electron chi connectivity index (χ2n) is 3.70. The Bertz CT molecular complexity index is 235. The highest BCUT2D eigenvalue weighted by atomic mass is 32.2. The molecule has 1 amide bonds. The molecule has 0 radical (unpaired) electrons. The van der Waals surface area contributed by atoms with Gasteiger partial charge in [-0.1, -0.05) is 26.1 Å². The van der Waals surface area contributed by atoms with Crippen molar-refractivity contribution >= 4 is 34.9 Å². The standard InChI is InChI=1S/C9H16N2OS2/c1-6-4-11(5-7(2)14-6)9(12)3-8(10)13/h6-7H,3-5H2,1-2H3,(H2,10,13). The Kier molecular flexibility index (Phi) is 4.19. The molecule has 1 rings (SSSR count). The average Bonchev–Trinajstić information content (AvgIpc) is 2.00. The predicted molar refractivity (Wildman–Crippen MR) is 64.5 cm³/mol. The van der Waals surface area contributed by atoms with E-state index in [1.165, 1.54) is 0 Å². The molecule has 1 aliphatic heterocycles. The number of hydrogen-bond donors (Lipinski definition) is 1. The van der Waals surface area contributed by atoms with Crippen molar-refractivity contribution in [1.82, 2.24) is 4.90 Å². The van der Waals surface area contributed by atoms with Crippen molar-refractivity contribution in [2.75, 3.05) is 13.1 Å². The number of carbonyl (C=O) groups excluding carboxylic acids is 1. The van der Waals surface area contributed by atoms with E-state index in [0.29, 0.717) is 10.5 Å². The van der Waals surface area contributed by atoms with E-state index in [1.54, 1.807) is 0 Å². The van der Waals surface area contributed by atoms with Crippen molar-refractivity contribution in [2.24, 2.45) is 5.73 Å². The molecule has 1 fully saturated rings. The third-order valence-electron chi connectivity index (χ3n) is 2.10. The maximum absolute atomic E-state index is 11.6. The molecule has 0 bridgehead atoms. The lowest BCUT2D eigenvalue weighted by molar-refractivity contribution is -0.130. The van der Waals surface area contributed by atoms with E-state index >= 15 is 0 Å². The third kappa shape index (κ3) is 3.46. The monoisotopic (exact) mass is 232 g/mol. The molecular weight excluding hydrogens is 216 g/mol. The Balaban J connectivity index is 2.50. The number of nitrogens with two attached hydrogens (primary N) is 1. The Hall–Kier alpha value is -0.290. The summed E-state index contributed by atoms with van der Waals surface area (Å²) in [6.45, 7) is 5.91. The fourth-order valence-corrected chi connectivity index (χ4v) is 3.09. The molecular formula is C9H16N2OS2. The molecule has 0 aromatic heterocycles. The number of rotatable bonds is 2. The van der Waals surface area contributed by atoms with E-state index in [-0.39, 0.29) is 17.3 Å². The lowest BCUT2D eigenvalue weighted by Crippen LogP contribution is -2.44. The summed E-state index contributed by atoms with van der Waals surface area (Å²) >= 11 is 6.65. The van der Waals surface area contributed by atoms with Crippen molar-refractivity contribution in [1.29, 1.82) is 0 Å². The molecule has 80 valence electrons. The molecule has 0 saturated carbocycles. The summed E-state index contributed by atoms with van der Waals surface area (Å²) in [5.41, 5.74) is 5.35. The van der Waals surface area contributed by atoms with Gasteiger partial charge in [-0.15, -0.1) is 0 Å². The fraction of sp³-hybridized carbons (Fsp3) is 0.778. The average molecular weight is 232 g/mol. The first-order valence-corrected chi connectivity index (χ1v) is 6.05. The van der Waals surface area contributed by atoms with Crippen LogP contribution in [-0.2, 0) is 4.79 Å². The lowest BCUT2D eigenvalue weighted by Gasteiger charge is -2.34. The van der Waals surface area contributed by atoms with Crippen LogP contribution in [0, 0.1) is 0 Å². The van der Waals surface area contributed by atoms with Crippen LogP contribution in [-0.4, -0.2) is 39.4 Å². The van der Waals surface area contributed by atoms with Crippen molar-refractivity contribution in [3.63, 3.8) is 0 Å². The highest BCUT2D eigenvalue weighted by molar-refractivity contribution is 8.00. The first-order chi connectivity index (χ1) is 6.49. The topological polar surface area (TPSA) is 46.3 Å². The highest BCUT2D eigenvalue weighted by Crippen LogP contribution is 2.24. The van der Waals surface area contributed by atoms with Crippen LogP contribution in [0.5, 0.6) is 0 Å². The molecule has 5 heteroatoms. The number of amides is 1. The number of hydrogen-bond acceptors (Lipinski definition) is 3. The van der Waals surface area contributed by atoms with Crippen molar-refractivity contribution in [3.8, 4) is 0 Å². The van der Waals surface area contributed by atoms with Crippen LogP contribution < -0.4 is 5.73 Å². The number of carbonyl (C=O) groups is 1. The van der Waals surface area contributed by atoms with Crippen LogP contribution in [0.15, 0.2) is 0 Å². The smallest absolute Gasteiger partial charge is 0.229 e. The Labute approximate surface area is 94.4 Å². The minimum absolute atomic E-state index is 0.0662. The second-order valence-corrected chi connectivity index (χ2v) is 6.11. The summed E-state index contributed by atoms with van der Waals surface area (Å²) < 4.78 is 0. The van der Waals surface area contributed by atoms with E-state index in [4.69, 9.17) is 18.0 Å². The SMILES string of the molecule is CC1CN(C(=O)CC(N)=S)CC(C)S1. The molecule has 14 heavy (non-hydrogen) atoms. The Morgan fingerprint density at radius 2 is 2.00 bits per heavy atom. The summed E-state index contributed by atoms with van der Waals surface area (Å²) in [7, 11) is 0. The molecule has 2 unspecified atom stereocenters. The molecule has 3 nitrogen and oxygen atoms in total. The molecule has 1 aliphatic rings. The van der Waals surface area contributed by atoms with E-state index in [0.717, 1.165) is 13.1 Å². The van der Waals surface area contributed by atoms with Crippen molar-refractivity contribution < 1.29 is 4.79 Å². The van der Waals surface area contributed by atoms with Gasteiger partial charge in [0.05, 0.1) is 11.4 Å². The van der Waals surface area contributed by atoms with Gasteiger partial charge in [-0.05, 0) is 0 Å². The number of nitrogens with zero attached hydrogens (tertiary/aromatic N) is 1. The molecule has 0 aliphatic carbocycles. The summed E-state index contributed by atoms with van der Waals surface area (Å²) in [6.07, 6.45) is 0.208. The number of thioether (sulfide) groups is 1. The van der Waals surface area contributed by atoms with E-state index in [1.807, 2.05) is 16.7 Å². The zero-order valence-corrected chi connectivity index (χ0v) is 10.2. The summed E-state index contributed by atoms with van der Waals surface area (Å²) in [6, 6.07) is 0. The molecule has 0 aromatic rings. The lowest BCUT2D eigenvalue weighted by atomic mass is 10.3. The van der Waals surface area contributed by atoms with Gasteiger partial charge in [0.25, 0.3) is 0 Å². The third-order valence-corrected chi connectivity index (χ3v) is 3.47. The van der Waals surface area contributed by atoms with Crippen LogP contribution in [0.1, 0.15) is 20.3 Å². The zero-order chi connectivity index (χ0) is 10.7. The molecule has 1 saturated heterocycles. The van der Waals surface area contributed by atoms with Crippen LogP contribution in [0.3, 0.4) is 0 Å². The van der Waals surface area contributed by atoms with Gasteiger partial charge in [-0.2, -0.15) is 11.8 Å². The van der Waals surface area contributed by atoms with Gasteiger partial charge in [0.15, 0.2) is 0 Å². The number of thiocarbonyl (C=S) groups is 1. The van der Waals surface area contributed by atoms with Crippen LogP contribution >= 0.6 is 24.0 Å². The fourth-order valence-electron chi connectivity index (χ4n) is 1.64. The largest absolute Gasteiger partial charge is 0.393 e. The molecule has 0 aromatic carbocycles. The van der Waals surface area contributed by atoms with Crippen LogP contribution in [0.2, 0.25) is 0 Å². The second kappa shape index (κ2) is 4.98. The minimum atomic E-state index is 0.0662. The Morgan fingerprint density at radius 3 is 2.43 bits per heavy atom. The Morgan fingerprint density at radius 1 is 1.50 bits per heavy atom. The van der Waals surface area contributed by atoms with E-state index in [2.05, 4.69) is 13.8 Å². The quantitative estimate of drug-likeness (QED) is 0.722. The molecule has 0 spiro atoms. The maximum atomic E-state index is 11.6. The van der Waals surface area contributed by atoms with E-state index in [9.17, 15) is 4.79 Å². The van der Waals surface area contributed by atoms with Gasteiger partial charge >= 0.3 is 0 Å². The molecule has 2 N–H and O–H groups in total. The zero-order valence-electron chi connectivity index (χ0n) is 8.53. The summed E-state index contributed by atoms with van der Waals surface area (Å²) in [5.74, 6) is 0.0662. The summed E-state index contributed by atoms with van der Waals surface area (Å²) in [4.78, 5) is 13.8. The van der Waals surface area contributed by atoms with E-state index < -0.39 is 0 Å². The first-order valence-electron chi connectivity index (χ1n) is 4.70. The van der Waals surface area contributed by atoms with Crippen molar-refractivity contribution in [3.05, 3.63) is 0 Å². The molecule has 1 heterocycles. The minimum Gasteiger partial charge on any atom is -0.393 e. The van der Waals surface area contributed by atoms with Gasteiger partial charge in [0.1, 0.15) is 0 Å². The molecule has 2 atom stereocenters. The van der Waals surface area contributed by atoms with Gasteiger partial charge in [0.2, 0.25) is 5.91 Å². The predicted octanol–water partition coefficient (Wildman–Crippen LogP) is 1.02. The maximum Gasteiger partial charge on any atom is 0.229 e. The van der Waals surface area contributed by atoms with Crippen molar-refractivity contribution in [2.45, 2.75) is 30.8 Å². The van der Waals surface area contributed by atoms with Crippen LogP contribution in [0.4, 0.5) is 0 Å². The van der Waals surface area contributed by atoms with Gasteiger partial charge in [-0.3, -0.25) is 4.79 Å². The summed E-state index contributed by atoms with van der Waals surface area (Å²) in [5, 5.41) is 1.02. The normalized spacial score (nSPS) is 27.4. The first kappa shape index (κ1) is 11.8. The van der Waals surface area contributed by atoms with Gasteiger partial charge in [-0.25, -0.2) is 0 Å². The highest BCUT2D eigenvalue weighted by Gasteiger charge is 2.25. The van der Waals surface area contributed by atoms with Gasteiger partial charge < -0.3 is 10.6 Å². The van der Waals surface area contributed by atoms with Gasteiger partial charge in [0, 0.05) is 23.6 Å². The van der Waals surface area contributed by atoms with Crippen LogP contribution in [0.25, 0.3) is 0 Å².